The van der Waals surface area contributed by atoms with E-state index in [1.54, 1.807) is 11.8 Å². The molecular formula is C17H15ClS. The third-order valence-corrected chi connectivity index (χ3v) is 4.12. The minimum Gasteiger partial charge on any atom is -0.125 e. The van der Waals surface area contributed by atoms with E-state index >= 15 is 0 Å². The number of benzene rings is 2. The van der Waals surface area contributed by atoms with E-state index in [9.17, 15) is 0 Å². The predicted molar refractivity (Wildman–Crippen MR) is 85.6 cm³/mol. The first-order valence-electron chi connectivity index (χ1n) is 6.20. The molecule has 0 saturated carbocycles. The van der Waals surface area contributed by atoms with Gasteiger partial charge in [-0.1, -0.05) is 66.2 Å². The van der Waals surface area contributed by atoms with Crippen molar-refractivity contribution < 1.29 is 0 Å². The van der Waals surface area contributed by atoms with Crippen molar-refractivity contribution in [1.82, 2.24) is 0 Å². The second-order valence-electron chi connectivity index (χ2n) is 4.18. The summed E-state index contributed by atoms with van der Waals surface area (Å²) in [5.41, 5.74) is 2.35. The summed E-state index contributed by atoms with van der Waals surface area (Å²) in [7, 11) is 0. The van der Waals surface area contributed by atoms with Crippen LogP contribution < -0.4 is 0 Å². The number of thioether (sulfide) groups is 1. The van der Waals surface area contributed by atoms with Crippen LogP contribution in [0.3, 0.4) is 0 Å². The van der Waals surface area contributed by atoms with Gasteiger partial charge in [-0.05, 0) is 29.4 Å². The average Bonchev–Trinajstić information content (AvgIpc) is 2.48. The average molecular weight is 287 g/mol. The lowest BCUT2D eigenvalue weighted by molar-refractivity contribution is 0.954. The van der Waals surface area contributed by atoms with Crippen LogP contribution in [0, 0.1) is 11.2 Å². The molecule has 0 heterocycles. The molecule has 1 unspecified atom stereocenters. The zero-order valence-corrected chi connectivity index (χ0v) is 12.1. The zero-order chi connectivity index (χ0) is 13.3. The van der Waals surface area contributed by atoms with Crippen molar-refractivity contribution in [2.75, 3.05) is 5.88 Å². The molecule has 2 rings (SSSR count). The van der Waals surface area contributed by atoms with Gasteiger partial charge in [0.15, 0.2) is 0 Å². The van der Waals surface area contributed by atoms with Crippen molar-refractivity contribution in [3.05, 3.63) is 71.8 Å². The molecule has 0 bridgehead atoms. The maximum atomic E-state index is 6.01. The van der Waals surface area contributed by atoms with Crippen molar-refractivity contribution in [1.29, 1.82) is 0 Å². The summed E-state index contributed by atoms with van der Waals surface area (Å²) in [5, 5.41) is 3.49. The van der Waals surface area contributed by atoms with Crippen LogP contribution >= 0.6 is 23.4 Å². The van der Waals surface area contributed by atoms with E-state index in [0.717, 1.165) is 12.0 Å². The molecule has 0 aliphatic carbocycles. The van der Waals surface area contributed by atoms with Crippen molar-refractivity contribution in [3.63, 3.8) is 0 Å². The largest absolute Gasteiger partial charge is 0.125 e. The fourth-order valence-electron chi connectivity index (χ4n) is 1.70. The Kier molecular flexibility index (Phi) is 5.88. The SMILES string of the molecule is ClCC(Cc1ccccc1)SC#Cc1ccccc1. The number of rotatable bonds is 4. The van der Waals surface area contributed by atoms with Gasteiger partial charge >= 0.3 is 0 Å². The summed E-state index contributed by atoms with van der Waals surface area (Å²) in [5.74, 6) is 3.76. The summed E-state index contributed by atoms with van der Waals surface area (Å²) < 4.78 is 0. The molecule has 1 atom stereocenters. The molecule has 0 amide bonds. The van der Waals surface area contributed by atoms with Crippen molar-refractivity contribution in [2.45, 2.75) is 11.7 Å². The third kappa shape index (κ3) is 5.03. The van der Waals surface area contributed by atoms with Crippen LogP contribution in [0.1, 0.15) is 11.1 Å². The van der Waals surface area contributed by atoms with E-state index in [4.69, 9.17) is 11.6 Å². The minimum atomic E-state index is 0.334. The Morgan fingerprint density at radius 3 is 2.21 bits per heavy atom. The lowest BCUT2D eigenvalue weighted by atomic mass is 10.1. The first-order valence-corrected chi connectivity index (χ1v) is 7.61. The van der Waals surface area contributed by atoms with Gasteiger partial charge in [-0.15, -0.1) is 11.6 Å². The van der Waals surface area contributed by atoms with Crippen LogP contribution in [0.2, 0.25) is 0 Å². The molecule has 0 radical (unpaired) electrons. The Hall–Kier alpha value is -1.36. The van der Waals surface area contributed by atoms with Crippen LogP contribution in [0.5, 0.6) is 0 Å². The van der Waals surface area contributed by atoms with Gasteiger partial charge in [-0.2, -0.15) is 0 Å². The van der Waals surface area contributed by atoms with Gasteiger partial charge in [0.1, 0.15) is 0 Å². The molecule has 0 spiro atoms. The van der Waals surface area contributed by atoms with Crippen molar-refractivity contribution in [2.24, 2.45) is 0 Å². The second kappa shape index (κ2) is 7.94. The standard InChI is InChI=1S/C17H15ClS/c18-14-17(13-16-9-5-2-6-10-16)19-12-11-15-7-3-1-4-8-15/h1-10,17H,13-14H2. The molecular weight excluding hydrogens is 272 g/mol. The molecule has 0 aliphatic heterocycles. The van der Waals surface area contributed by atoms with E-state index in [1.807, 2.05) is 36.4 Å². The molecule has 2 heteroatoms. The number of hydrogen-bond donors (Lipinski definition) is 0. The molecule has 0 aromatic heterocycles. The van der Waals surface area contributed by atoms with Gasteiger partial charge < -0.3 is 0 Å². The fourth-order valence-corrected chi connectivity index (χ4v) is 2.68. The Morgan fingerprint density at radius 1 is 0.947 bits per heavy atom. The number of alkyl halides is 1. The highest BCUT2D eigenvalue weighted by molar-refractivity contribution is 8.04. The third-order valence-electron chi connectivity index (χ3n) is 2.67. The van der Waals surface area contributed by atoms with Crippen molar-refractivity contribution in [3.8, 4) is 11.2 Å². The van der Waals surface area contributed by atoms with Gasteiger partial charge in [-0.25, -0.2) is 0 Å². The summed E-state index contributed by atoms with van der Waals surface area (Å²) >= 11 is 7.63. The van der Waals surface area contributed by atoms with E-state index in [2.05, 4.69) is 35.4 Å². The van der Waals surface area contributed by atoms with E-state index < -0.39 is 0 Å². The highest BCUT2D eigenvalue weighted by atomic mass is 35.5. The van der Waals surface area contributed by atoms with Crippen molar-refractivity contribution >= 4 is 23.4 Å². The maximum Gasteiger partial charge on any atom is 0.0355 e. The Labute approximate surface area is 124 Å². The Bertz CT molecular complexity index is 540. The smallest absolute Gasteiger partial charge is 0.0355 e. The van der Waals surface area contributed by atoms with Gasteiger partial charge in [0, 0.05) is 16.7 Å². The molecule has 19 heavy (non-hydrogen) atoms. The first kappa shape index (κ1) is 14.1. The molecule has 0 fully saturated rings. The van der Waals surface area contributed by atoms with Gasteiger partial charge in [0.2, 0.25) is 0 Å². The Morgan fingerprint density at radius 2 is 1.58 bits per heavy atom. The molecule has 0 saturated heterocycles. The number of hydrogen-bond acceptors (Lipinski definition) is 1. The van der Waals surface area contributed by atoms with Crippen LogP contribution in [0.15, 0.2) is 60.7 Å². The summed E-state index contributed by atoms with van der Waals surface area (Å²) in [6.45, 7) is 0. The monoisotopic (exact) mass is 286 g/mol. The van der Waals surface area contributed by atoms with Crippen LogP contribution in [-0.4, -0.2) is 11.1 Å². The van der Waals surface area contributed by atoms with Gasteiger partial charge in [0.05, 0.1) is 0 Å². The molecule has 0 aliphatic rings. The molecule has 0 N–H and O–H groups in total. The molecule has 2 aromatic carbocycles. The van der Waals surface area contributed by atoms with E-state index in [-0.39, 0.29) is 0 Å². The quantitative estimate of drug-likeness (QED) is 0.586. The highest BCUT2D eigenvalue weighted by Crippen LogP contribution is 2.17. The molecule has 0 nitrogen and oxygen atoms in total. The lowest BCUT2D eigenvalue weighted by Gasteiger charge is -2.09. The zero-order valence-electron chi connectivity index (χ0n) is 10.6. The number of halogens is 1. The highest BCUT2D eigenvalue weighted by Gasteiger charge is 2.07. The summed E-state index contributed by atoms with van der Waals surface area (Å²) in [4.78, 5) is 0. The summed E-state index contributed by atoms with van der Waals surface area (Å²) in [6.07, 6.45) is 0.957. The van der Waals surface area contributed by atoms with Gasteiger partial charge in [0.25, 0.3) is 0 Å². The predicted octanol–water partition coefficient (Wildman–Crippen LogP) is 4.58. The van der Waals surface area contributed by atoms with Crippen LogP contribution in [0.25, 0.3) is 0 Å². The normalized spacial score (nSPS) is 11.4. The van der Waals surface area contributed by atoms with E-state index in [0.29, 0.717) is 11.1 Å². The fraction of sp³-hybridized carbons (Fsp3) is 0.176. The second-order valence-corrected chi connectivity index (χ2v) is 5.59. The maximum absolute atomic E-state index is 6.01. The lowest BCUT2D eigenvalue weighted by Crippen LogP contribution is -2.07. The van der Waals surface area contributed by atoms with E-state index in [1.165, 1.54) is 5.56 Å². The topological polar surface area (TPSA) is 0 Å². The molecule has 96 valence electrons. The van der Waals surface area contributed by atoms with Gasteiger partial charge in [-0.3, -0.25) is 0 Å². The summed E-state index contributed by atoms with van der Waals surface area (Å²) in [6, 6.07) is 20.4. The Balaban J connectivity index is 1.92. The first-order chi connectivity index (χ1) is 9.38. The molecule has 2 aromatic rings. The van der Waals surface area contributed by atoms with Crippen LogP contribution in [0.4, 0.5) is 0 Å². The minimum absolute atomic E-state index is 0.334. The van der Waals surface area contributed by atoms with Crippen LogP contribution in [-0.2, 0) is 6.42 Å².